The van der Waals surface area contributed by atoms with Crippen LogP contribution < -0.4 is 5.32 Å². The molecule has 1 aliphatic carbocycles. The highest BCUT2D eigenvalue weighted by molar-refractivity contribution is 5.81. The minimum Gasteiger partial charge on any atom is -0.455 e. The number of carbonyl (C=O) groups excluding carboxylic acids is 2. The Bertz CT molecular complexity index is 515. The molecule has 1 amide bonds. The van der Waals surface area contributed by atoms with E-state index in [4.69, 9.17) is 4.74 Å². The van der Waals surface area contributed by atoms with E-state index in [-0.39, 0.29) is 30.8 Å². The molecule has 0 saturated heterocycles. The van der Waals surface area contributed by atoms with Gasteiger partial charge >= 0.3 is 5.97 Å². The lowest BCUT2D eigenvalue weighted by Gasteiger charge is -2.29. The molecular weight excluding hydrogens is 285 g/mol. The van der Waals surface area contributed by atoms with E-state index in [0.717, 1.165) is 19.3 Å². The Kier molecular flexibility index (Phi) is 5.92. The molecule has 1 aromatic carbocycles. The van der Waals surface area contributed by atoms with Crippen LogP contribution >= 0.6 is 0 Å². The molecule has 0 unspecified atom stereocenters. The molecule has 0 aromatic heterocycles. The average Bonchev–Trinajstić information content (AvgIpc) is 2.50. The molecular formula is C17H22FNO3. The summed E-state index contributed by atoms with van der Waals surface area (Å²) in [5, 5.41) is 2.93. The number of esters is 1. The van der Waals surface area contributed by atoms with E-state index in [1.165, 1.54) is 30.7 Å². The van der Waals surface area contributed by atoms with Crippen LogP contribution in [0.25, 0.3) is 0 Å². The van der Waals surface area contributed by atoms with Crippen molar-refractivity contribution >= 4 is 11.9 Å². The number of amides is 1. The van der Waals surface area contributed by atoms with Gasteiger partial charge in [0.1, 0.15) is 5.82 Å². The lowest BCUT2D eigenvalue weighted by Crippen LogP contribution is -2.42. The van der Waals surface area contributed by atoms with Crippen LogP contribution in [0.1, 0.15) is 38.2 Å². The van der Waals surface area contributed by atoms with Gasteiger partial charge in [-0.3, -0.25) is 9.59 Å². The molecule has 5 heteroatoms. The van der Waals surface area contributed by atoms with Crippen molar-refractivity contribution in [2.24, 2.45) is 5.92 Å². The van der Waals surface area contributed by atoms with E-state index in [2.05, 4.69) is 12.2 Å². The van der Waals surface area contributed by atoms with Crippen molar-refractivity contribution < 1.29 is 18.7 Å². The van der Waals surface area contributed by atoms with E-state index in [0.29, 0.717) is 11.5 Å². The van der Waals surface area contributed by atoms with Gasteiger partial charge < -0.3 is 10.1 Å². The molecule has 4 nitrogen and oxygen atoms in total. The molecule has 2 rings (SSSR count). The summed E-state index contributed by atoms with van der Waals surface area (Å²) in [4.78, 5) is 23.5. The van der Waals surface area contributed by atoms with E-state index >= 15 is 0 Å². The van der Waals surface area contributed by atoms with Crippen molar-refractivity contribution in [3.8, 4) is 0 Å². The minimum atomic E-state index is -0.488. The molecule has 2 atom stereocenters. The lowest BCUT2D eigenvalue weighted by molar-refractivity contribution is -0.148. The van der Waals surface area contributed by atoms with Gasteiger partial charge in [0.25, 0.3) is 5.91 Å². The monoisotopic (exact) mass is 307 g/mol. The number of hydrogen-bond donors (Lipinski definition) is 1. The molecule has 0 aliphatic heterocycles. The van der Waals surface area contributed by atoms with Gasteiger partial charge in [0, 0.05) is 6.04 Å². The molecule has 120 valence electrons. The fourth-order valence-corrected chi connectivity index (χ4v) is 2.75. The van der Waals surface area contributed by atoms with Gasteiger partial charge in [-0.1, -0.05) is 31.9 Å². The summed E-state index contributed by atoms with van der Waals surface area (Å²) in [6.45, 7) is 1.87. The van der Waals surface area contributed by atoms with Gasteiger partial charge in [-0.2, -0.15) is 0 Å². The summed E-state index contributed by atoms with van der Waals surface area (Å²) in [6.07, 6.45) is 4.47. The molecule has 1 aliphatic rings. The quantitative estimate of drug-likeness (QED) is 0.851. The third-order valence-electron chi connectivity index (χ3n) is 4.08. The maximum absolute atomic E-state index is 12.8. The lowest BCUT2D eigenvalue weighted by atomic mass is 9.86. The second kappa shape index (κ2) is 7.92. The van der Waals surface area contributed by atoms with Crippen molar-refractivity contribution in [2.45, 2.75) is 45.1 Å². The van der Waals surface area contributed by atoms with Gasteiger partial charge in [-0.15, -0.1) is 0 Å². The van der Waals surface area contributed by atoms with Gasteiger partial charge in [0.2, 0.25) is 0 Å². The van der Waals surface area contributed by atoms with E-state index in [1.807, 2.05) is 0 Å². The Balaban J connectivity index is 1.71. The molecule has 22 heavy (non-hydrogen) atoms. The maximum atomic E-state index is 12.8. The summed E-state index contributed by atoms with van der Waals surface area (Å²) in [5.74, 6) is -0.629. The largest absolute Gasteiger partial charge is 0.455 e. The molecule has 0 radical (unpaired) electrons. The van der Waals surface area contributed by atoms with Gasteiger partial charge in [-0.25, -0.2) is 4.39 Å². The first-order valence-electron chi connectivity index (χ1n) is 7.74. The Morgan fingerprint density at radius 3 is 2.59 bits per heavy atom. The second-order valence-electron chi connectivity index (χ2n) is 5.90. The van der Waals surface area contributed by atoms with Crippen molar-refractivity contribution in [3.63, 3.8) is 0 Å². The molecule has 1 saturated carbocycles. The van der Waals surface area contributed by atoms with Gasteiger partial charge in [0.15, 0.2) is 6.61 Å². The van der Waals surface area contributed by atoms with Crippen LogP contribution in [-0.4, -0.2) is 24.5 Å². The Labute approximate surface area is 130 Å². The van der Waals surface area contributed by atoms with Crippen molar-refractivity contribution in [1.29, 1.82) is 0 Å². The number of ether oxygens (including phenoxy) is 1. The second-order valence-corrected chi connectivity index (χ2v) is 5.90. The molecule has 0 heterocycles. The van der Waals surface area contributed by atoms with E-state index in [1.54, 1.807) is 0 Å². The first-order valence-corrected chi connectivity index (χ1v) is 7.74. The third-order valence-corrected chi connectivity index (χ3v) is 4.08. The molecule has 0 spiro atoms. The number of nitrogens with one attached hydrogen (secondary N) is 1. The van der Waals surface area contributed by atoms with Crippen LogP contribution in [0.5, 0.6) is 0 Å². The SMILES string of the molecule is C[C@H]1CCCC[C@@H]1NC(=O)COC(=O)Cc1ccc(F)cc1. The summed E-state index contributed by atoms with van der Waals surface area (Å²) >= 11 is 0. The maximum Gasteiger partial charge on any atom is 0.310 e. The average molecular weight is 307 g/mol. The number of hydrogen-bond acceptors (Lipinski definition) is 3. The highest BCUT2D eigenvalue weighted by atomic mass is 19.1. The standard InChI is InChI=1S/C17H22FNO3/c1-12-4-2-3-5-15(12)19-16(20)11-22-17(21)10-13-6-8-14(18)9-7-13/h6-9,12,15H,2-5,10-11H2,1H3,(H,19,20)/t12-,15-/m0/s1. The topological polar surface area (TPSA) is 55.4 Å². The van der Waals surface area contributed by atoms with Crippen LogP contribution in [-0.2, 0) is 20.7 Å². The summed E-state index contributed by atoms with van der Waals surface area (Å²) < 4.78 is 17.7. The van der Waals surface area contributed by atoms with Gasteiger partial charge in [0.05, 0.1) is 6.42 Å². The van der Waals surface area contributed by atoms with Crippen molar-refractivity contribution in [3.05, 3.63) is 35.6 Å². The molecule has 1 aromatic rings. The zero-order valence-electron chi connectivity index (χ0n) is 12.8. The Morgan fingerprint density at radius 2 is 1.91 bits per heavy atom. The van der Waals surface area contributed by atoms with E-state index in [9.17, 15) is 14.0 Å². The fraction of sp³-hybridized carbons (Fsp3) is 0.529. The first kappa shape index (κ1) is 16.5. The summed E-state index contributed by atoms with van der Waals surface area (Å²) in [5.41, 5.74) is 0.660. The van der Waals surface area contributed by atoms with Crippen molar-refractivity contribution in [2.75, 3.05) is 6.61 Å². The number of halogens is 1. The number of benzene rings is 1. The Hall–Kier alpha value is -1.91. The van der Waals surface area contributed by atoms with Crippen LogP contribution in [0.2, 0.25) is 0 Å². The van der Waals surface area contributed by atoms with Crippen molar-refractivity contribution in [1.82, 2.24) is 5.32 Å². The highest BCUT2D eigenvalue weighted by Crippen LogP contribution is 2.23. The molecule has 1 N–H and O–H groups in total. The molecule has 1 fully saturated rings. The normalized spacial score (nSPS) is 21.2. The zero-order valence-corrected chi connectivity index (χ0v) is 12.8. The van der Waals surface area contributed by atoms with Crippen LogP contribution in [0.4, 0.5) is 4.39 Å². The predicted molar refractivity (Wildman–Crippen MR) is 80.6 cm³/mol. The van der Waals surface area contributed by atoms with Crippen LogP contribution in [0.15, 0.2) is 24.3 Å². The Morgan fingerprint density at radius 1 is 1.23 bits per heavy atom. The number of carbonyl (C=O) groups is 2. The predicted octanol–water partition coefficient (Wildman–Crippen LogP) is 2.61. The first-order chi connectivity index (χ1) is 10.5. The van der Waals surface area contributed by atoms with Crippen LogP contribution in [0.3, 0.4) is 0 Å². The minimum absolute atomic E-state index is 0.0351. The fourth-order valence-electron chi connectivity index (χ4n) is 2.75. The summed E-state index contributed by atoms with van der Waals surface area (Å²) in [6, 6.07) is 5.82. The van der Waals surface area contributed by atoms with E-state index < -0.39 is 5.97 Å². The summed E-state index contributed by atoms with van der Waals surface area (Å²) in [7, 11) is 0. The molecule has 0 bridgehead atoms. The van der Waals surface area contributed by atoms with Crippen LogP contribution in [0, 0.1) is 11.7 Å². The smallest absolute Gasteiger partial charge is 0.310 e. The van der Waals surface area contributed by atoms with Gasteiger partial charge in [-0.05, 0) is 36.5 Å². The highest BCUT2D eigenvalue weighted by Gasteiger charge is 2.23. The zero-order chi connectivity index (χ0) is 15.9. The number of rotatable bonds is 5. The third kappa shape index (κ3) is 5.13.